The predicted octanol–water partition coefficient (Wildman–Crippen LogP) is 4.29. The molecule has 1 aromatic heterocycles. The normalized spacial score (nSPS) is 11.0. The quantitative estimate of drug-likeness (QED) is 0.494. The molecular formula is C19H16N4O4. The lowest BCUT2D eigenvalue weighted by molar-refractivity contribution is -0.384. The molecule has 0 saturated carbocycles. The maximum absolute atomic E-state index is 11.3. The zero-order valence-electron chi connectivity index (χ0n) is 14.7. The first kappa shape index (κ1) is 18.0. The molecular weight excluding hydrogens is 348 g/mol. The van der Waals surface area contributed by atoms with Crippen molar-refractivity contribution in [2.75, 3.05) is 19.0 Å². The van der Waals surface area contributed by atoms with Crippen LogP contribution < -0.4 is 4.90 Å². The van der Waals surface area contributed by atoms with E-state index in [1.807, 2.05) is 0 Å². The van der Waals surface area contributed by atoms with Crippen molar-refractivity contribution in [3.8, 4) is 0 Å². The number of rotatable bonds is 5. The Hall–Kier alpha value is -3.81. The molecule has 3 aromatic rings. The first-order valence-electron chi connectivity index (χ1n) is 8.05. The Kier molecular flexibility index (Phi) is 4.80. The van der Waals surface area contributed by atoms with Crippen molar-refractivity contribution in [1.29, 1.82) is 0 Å². The van der Waals surface area contributed by atoms with Crippen molar-refractivity contribution in [1.82, 2.24) is 4.98 Å². The van der Waals surface area contributed by atoms with Gasteiger partial charge in [-0.25, -0.2) is 4.98 Å². The molecule has 0 radical (unpaired) electrons. The van der Waals surface area contributed by atoms with Crippen LogP contribution >= 0.6 is 0 Å². The minimum absolute atomic E-state index is 0.00503. The molecule has 1 heterocycles. The van der Waals surface area contributed by atoms with E-state index in [1.165, 1.54) is 12.1 Å². The van der Waals surface area contributed by atoms with Crippen LogP contribution in [-0.4, -0.2) is 28.9 Å². The average molecular weight is 364 g/mol. The van der Waals surface area contributed by atoms with E-state index in [4.69, 9.17) is 0 Å². The van der Waals surface area contributed by atoms with E-state index in [1.54, 1.807) is 67.5 Å². The number of nitro benzene ring substituents is 2. The molecule has 0 spiro atoms. The molecule has 2 aromatic carbocycles. The van der Waals surface area contributed by atoms with Gasteiger partial charge >= 0.3 is 0 Å². The van der Waals surface area contributed by atoms with Crippen LogP contribution in [0.15, 0.2) is 48.5 Å². The first-order valence-corrected chi connectivity index (χ1v) is 8.05. The lowest BCUT2D eigenvalue weighted by atomic mass is 10.1. The van der Waals surface area contributed by atoms with Crippen LogP contribution in [0.4, 0.5) is 17.1 Å². The van der Waals surface area contributed by atoms with Crippen LogP contribution in [0.1, 0.15) is 11.3 Å². The number of benzene rings is 2. The second kappa shape index (κ2) is 7.20. The van der Waals surface area contributed by atoms with E-state index >= 15 is 0 Å². The smallest absolute Gasteiger partial charge is 0.293 e. The van der Waals surface area contributed by atoms with Crippen LogP contribution in [-0.2, 0) is 0 Å². The molecule has 27 heavy (non-hydrogen) atoms. The number of anilines is 1. The number of hydrogen-bond acceptors (Lipinski definition) is 6. The van der Waals surface area contributed by atoms with Crippen LogP contribution in [0, 0.1) is 20.2 Å². The van der Waals surface area contributed by atoms with Crippen LogP contribution in [0.2, 0.25) is 0 Å². The number of fused-ring (bicyclic) bond motifs is 1. The highest BCUT2D eigenvalue weighted by Crippen LogP contribution is 2.29. The Balaban J connectivity index is 1.95. The monoisotopic (exact) mass is 364 g/mol. The maximum Gasteiger partial charge on any atom is 0.293 e. The Morgan fingerprint density at radius 2 is 1.67 bits per heavy atom. The minimum Gasteiger partial charge on any atom is -0.372 e. The first-order chi connectivity index (χ1) is 12.9. The van der Waals surface area contributed by atoms with Gasteiger partial charge in [0.15, 0.2) is 0 Å². The summed E-state index contributed by atoms with van der Waals surface area (Å²) in [5, 5.41) is 22.8. The third-order valence-electron chi connectivity index (χ3n) is 4.05. The number of hydrogen-bond donors (Lipinski definition) is 0. The molecule has 3 rings (SSSR count). The minimum atomic E-state index is -0.440. The lowest BCUT2D eigenvalue weighted by Gasteiger charge is -2.12. The van der Waals surface area contributed by atoms with Crippen molar-refractivity contribution in [2.45, 2.75) is 0 Å². The van der Waals surface area contributed by atoms with Crippen LogP contribution in [0.25, 0.3) is 23.1 Å². The van der Waals surface area contributed by atoms with Gasteiger partial charge in [-0.2, -0.15) is 0 Å². The van der Waals surface area contributed by atoms with Gasteiger partial charge in [-0.1, -0.05) is 18.2 Å². The van der Waals surface area contributed by atoms with Crippen molar-refractivity contribution >= 4 is 40.1 Å². The summed E-state index contributed by atoms with van der Waals surface area (Å²) in [6.45, 7) is 0. The van der Waals surface area contributed by atoms with E-state index in [2.05, 4.69) is 4.98 Å². The summed E-state index contributed by atoms with van der Waals surface area (Å²) < 4.78 is 0. The standard InChI is InChI=1S/C19H16N4O4/c1-21(2)18-11-7-13(12-19(18)23(26)27)6-8-14-9-10-15-16(20-14)4-3-5-17(15)22(24)25/h3-12H,1-2H3/b8-6+. The zero-order valence-corrected chi connectivity index (χ0v) is 14.7. The van der Waals surface area contributed by atoms with Crippen LogP contribution in [0.3, 0.4) is 0 Å². The molecule has 0 bridgehead atoms. The molecule has 8 heteroatoms. The molecule has 0 fully saturated rings. The fraction of sp³-hybridized carbons (Fsp3) is 0.105. The van der Waals surface area contributed by atoms with Gasteiger partial charge in [0, 0.05) is 26.2 Å². The largest absolute Gasteiger partial charge is 0.372 e. The molecule has 136 valence electrons. The van der Waals surface area contributed by atoms with Gasteiger partial charge in [-0.05, 0) is 35.9 Å². The van der Waals surface area contributed by atoms with Crippen molar-refractivity contribution in [3.63, 3.8) is 0 Å². The highest BCUT2D eigenvalue weighted by atomic mass is 16.6. The Morgan fingerprint density at radius 3 is 2.33 bits per heavy atom. The maximum atomic E-state index is 11.3. The number of nitro groups is 2. The van der Waals surface area contributed by atoms with Crippen LogP contribution in [0.5, 0.6) is 0 Å². The molecule has 0 atom stereocenters. The van der Waals surface area contributed by atoms with E-state index in [0.29, 0.717) is 27.8 Å². The van der Waals surface area contributed by atoms with Gasteiger partial charge in [0.1, 0.15) is 5.69 Å². The predicted molar refractivity (Wildman–Crippen MR) is 105 cm³/mol. The third-order valence-corrected chi connectivity index (χ3v) is 4.05. The number of aromatic nitrogens is 1. The molecule has 0 aliphatic heterocycles. The van der Waals surface area contributed by atoms with E-state index < -0.39 is 9.85 Å². The Bertz CT molecular complexity index is 1080. The zero-order chi connectivity index (χ0) is 19.6. The van der Waals surface area contributed by atoms with Gasteiger partial charge in [0.2, 0.25) is 0 Å². The highest BCUT2D eigenvalue weighted by Gasteiger charge is 2.15. The van der Waals surface area contributed by atoms with Crippen molar-refractivity contribution < 1.29 is 9.85 Å². The second-order valence-electron chi connectivity index (χ2n) is 6.07. The lowest BCUT2D eigenvalue weighted by Crippen LogP contribution is -2.10. The summed E-state index contributed by atoms with van der Waals surface area (Å²) in [6, 6.07) is 13.0. The van der Waals surface area contributed by atoms with Crippen molar-refractivity contribution in [2.24, 2.45) is 0 Å². The van der Waals surface area contributed by atoms with E-state index in [-0.39, 0.29) is 11.4 Å². The molecule has 0 aliphatic carbocycles. The average Bonchev–Trinajstić information content (AvgIpc) is 2.65. The summed E-state index contributed by atoms with van der Waals surface area (Å²) in [5.41, 5.74) is 2.32. The summed E-state index contributed by atoms with van der Waals surface area (Å²) in [7, 11) is 3.49. The summed E-state index contributed by atoms with van der Waals surface area (Å²) >= 11 is 0. The van der Waals surface area contributed by atoms with Crippen molar-refractivity contribution in [3.05, 3.63) is 80.0 Å². The molecule has 0 N–H and O–H groups in total. The number of nitrogens with zero attached hydrogens (tertiary/aromatic N) is 4. The topological polar surface area (TPSA) is 102 Å². The molecule has 0 unspecified atom stereocenters. The number of non-ortho nitro benzene ring substituents is 1. The van der Waals surface area contributed by atoms with Gasteiger partial charge < -0.3 is 4.90 Å². The molecule has 0 saturated heterocycles. The fourth-order valence-electron chi connectivity index (χ4n) is 2.76. The van der Waals surface area contributed by atoms with Gasteiger partial charge in [0.25, 0.3) is 11.4 Å². The number of pyridine rings is 1. The van der Waals surface area contributed by atoms with Gasteiger partial charge in [0.05, 0.1) is 26.4 Å². The molecule has 8 nitrogen and oxygen atoms in total. The summed E-state index contributed by atoms with van der Waals surface area (Å²) in [6.07, 6.45) is 3.44. The Morgan fingerprint density at radius 1 is 0.926 bits per heavy atom. The van der Waals surface area contributed by atoms with E-state index in [9.17, 15) is 20.2 Å². The summed E-state index contributed by atoms with van der Waals surface area (Å²) in [5.74, 6) is 0. The third kappa shape index (κ3) is 3.74. The SMILES string of the molecule is CN(C)c1ccc(/C=C/c2ccc3c([N+](=O)[O-])cccc3n2)cc1[N+](=O)[O-]. The highest BCUT2D eigenvalue weighted by molar-refractivity contribution is 5.89. The fourth-order valence-corrected chi connectivity index (χ4v) is 2.76. The summed E-state index contributed by atoms with van der Waals surface area (Å²) in [4.78, 5) is 27.6. The van der Waals surface area contributed by atoms with E-state index in [0.717, 1.165) is 0 Å². The molecule has 0 aliphatic rings. The Labute approximate surface area is 154 Å². The van der Waals surface area contributed by atoms with Gasteiger partial charge in [-0.3, -0.25) is 20.2 Å². The molecule has 0 amide bonds. The second-order valence-corrected chi connectivity index (χ2v) is 6.07. The van der Waals surface area contributed by atoms with Gasteiger partial charge in [-0.15, -0.1) is 0 Å².